The van der Waals surface area contributed by atoms with E-state index in [0.29, 0.717) is 0 Å². The van der Waals surface area contributed by atoms with Crippen LogP contribution in [0.5, 0.6) is 0 Å². The SMILES string of the molecule is CN(Cc1cnn(C)c1)S(=O)(=O)c1ncccc1N. The van der Waals surface area contributed by atoms with Crippen LogP contribution in [0.3, 0.4) is 0 Å². The largest absolute Gasteiger partial charge is 0.396 e. The monoisotopic (exact) mass is 281 g/mol. The van der Waals surface area contributed by atoms with Crippen molar-refractivity contribution in [2.75, 3.05) is 12.8 Å². The number of hydrogen-bond acceptors (Lipinski definition) is 5. The van der Waals surface area contributed by atoms with Crippen molar-refractivity contribution in [3.63, 3.8) is 0 Å². The summed E-state index contributed by atoms with van der Waals surface area (Å²) in [6, 6.07) is 3.10. The van der Waals surface area contributed by atoms with E-state index in [1.807, 2.05) is 0 Å². The number of pyridine rings is 1. The van der Waals surface area contributed by atoms with Crippen LogP contribution in [0.1, 0.15) is 5.56 Å². The zero-order chi connectivity index (χ0) is 14.0. The number of aryl methyl sites for hydroxylation is 1. The highest BCUT2D eigenvalue weighted by Crippen LogP contribution is 2.19. The van der Waals surface area contributed by atoms with Crippen LogP contribution in [0.2, 0.25) is 0 Å². The quantitative estimate of drug-likeness (QED) is 0.865. The Kier molecular flexibility index (Phi) is 3.54. The predicted molar refractivity (Wildman–Crippen MR) is 70.5 cm³/mol. The smallest absolute Gasteiger partial charge is 0.262 e. The summed E-state index contributed by atoms with van der Waals surface area (Å²) in [4.78, 5) is 3.84. The van der Waals surface area contributed by atoms with Gasteiger partial charge < -0.3 is 5.73 Å². The molecule has 0 saturated carbocycles. The first-order valence-corrected chi connectivity index (χ1v) is 6.99. The first-order chi connectivity index (χ1) is 8.91. The number of nitrogens with two attached hydrogens (primary N) is 1. The van der Waals surface area contributed by atoms with Crippen LogP contribution in [0.4, 0.5) is 5.69 Å². The molecule has 0 radical (unpaired) electrons. The number of nitrogens with zero attached hydrogens (tertiary/aromatic N) is 4. The highest BCUT2D eigenvalue weighted by Gasteiger charge is 2.24. The molecule has 2 aromatic rings. The zero-order valence-corrected chi connectivity index (χ0v) is 11.5. The lowest BCUT2D eigenvalue weighted by Gasteiger charge is -2.16. The maximum atomic E-state index is 12.3. The molecule has 0 spiro atoms. The molecule has 7 nitrogen and oxygen atoms in total. The van der Waals surface area contributed by atoms with E-state index in [9.17, 15) is 8.42 Å². The predicted octanol–water partition coefficient (Wildman–Crippen LogP) is 0.218. The van der Waals surface area contributed by atoms with E-state index in [-0.39, 0.29) is 17.3 Å². The fourth-order valence-electron chi connectivity index (χ4n) is 1.66. The van der Waals surface area contributed by atoms with Crippen molar-refractivity contribution in [1.29, 1.82) is 0 Å². The number of rotatable bonds is 4. The highest BCUT2D eigenvalue weighted by molar-refractivity contribution is 7.89. The Balaban J connectivity index is 2.27. The maximum Gasteiger partial charge on any atom is 0.262 e. The first kappa shape index (κ1) is 13.5. The van der Waals surface area contributed by atoms with Crippen molar-refractivity contribution in [3.05, 3.63) is 36.3 Å². The van der Waals surface area contributed by atoms with E-state index < -0.39 is 10.0 Å². The molecule has 0 aliphatic heterocycles. The Morgan fingerprint density at radius 2 is 2.21 bits per heavy atom. The van der Waals surface area contributed by atoms with Crippen molar-refractivity contribution >= 4 is 15.7 Å². The number of hydrogen-bond donors (Lipinski definition) is 1. The van der Waals surface area contributed by atoms with Crippen LogP contribution in [0, 0.1) is 0 Å². The van der Waals surface area contributed by atoms with Crippen molar-refractivity contribution < 1.29 is 8.42 Å². The fourth-order valence-corrected chi connectivity index (χ4v) is 2.84. The van der Waals surface area contributed by atoms with Gasteiger partial charge in [-0.05, 0) is 12.1 Å². The summed E-state index contributed by atoms with van der Waals surface area (Å²) < 4.78 is 27.5. The van der Waals surface area contributed by atoms with Gasteiger partial charge in [0.15, 0.2) is 5.03 Å². The van der Waals surface area contributed by atoms with Gasteiger partial charge >= 0.3 is 0 Å². The number of nitrogen functional groups attached to an aromatic ring is 1. The Labute approximate surface area is 111 Å². The highest BCUT2D eigenvalue weighted by atomic mass is 32.2. The molecule has 0 amide bonds. The number of sulfonamides is 1. The molecule has 2 rings (SSSR count). The van der Waals surface area contributed by atoms with Crippen molar-refractivity contribution in [3.8, 4) is 0 Å². The summed E-state index contributed by atoms with van der Waals surface area (Å²) in [5.41, 5.74) is 6.59. The molecule has 2 aromatic heterocycles. The first-order valence-electron chi connectivity index (χ1n) is 5.55. The van der Waals surface area contributed by atoms with Crippen LogP contribution < -0.4 is 5.73 Å². The second-order valence-corrected chi connectivity index (χ2v) is 6.14. The molecule has 0 unspecified atom stereocenters. The molecule has 2 N–H and O–H groups in total. The van der Waals surface area contributed by atoms with Gasteiger partial charge in [0, 0.05) is 38.6 Å². The van der Waals surface area contributed by atoms with Crippen LogP contribution in [-0.2, 0) is 23.6 Å². The average Bonchev–Trinajstić information content (AvgIpc) is 2.75. The molecule has 2 heterocycles. The Hall–Kier alpha value is -1.93. The second-order valence-electron chi connectivity index (χ2n) is 4.18. The molecule has 102 valence electrons. The molecule has 8 heteroatoms. The van der Waals surface area contributed by atoms with Crippen molar-refractivity contribution in [1.82, 2.24) is 19.1 Å². The number of aromatic nitrogens is 3. The summed E-state index contributed by atoms with van der Waals surface area (Å²) in [6.07, 6.45) is 4.78. The minimum Gasteiger partial charge on any atom is -0.396 e. The van der Waals surface area contributed by atoms with Gasteiger partial charge in [0.25, 0.3) is 10.0 Å². The third-order valence-corrected chi connectivity index (χ3v) is 4.40. The van der Waals surface area contributed by atoms with Crippen molar-refractivity contribution in [2.24, 2.45) is 7.05 Å². The molecular formula is C11H15N5O2S. The van der Waals surface area contributed by atoms with E-state index in [0.717, 1.165) is 5.56 Å². The summed E-state index contributed by atoms with van der Waals surface area (Å²) in [5.74, 6) is 0. The molecule has 0 atom stereocenters. The van der Waals surface area contributed by atoms with Gasteiger partial charge in [0.2, 0.25) is 0 Å². The van der Waals surface area contributed by atoms with Gasteiger partial charge in [-0.25, -0.2) is 13.4 Å². The van der Waals surface area contributed by atoms with Gasteiger partial charge in [0.1, 0.15) is 0 Å². The van der Waals surface area contributed by atoms with Gasteiger partial charge in [-0.15, -0.1) is 0 Å². The molecule has 0 bridgehead atoms. The van der Waals surface area contributed by atoms with Gasteiger partial charge in [-0.3, -0.25) is 4.68 Å². The molecule has 19 heavy (non-hydrogen) atoms. The molecular weight excluding hydrogens is 266 g/mol. The third kappa shape index (κ3) is 2.74. The second kappa shape index (κ2) is 4.98. The number of anilines is 1. The van der Waals surface area contributed by atoms with Crippen LogP contribution in [0.25, 0.3) is 0 Å². The van der Waals surface area contributed by atoms with Gasteiger partial charge in [0.05, 0.1) is 11.9 Å². The molecule has 0 fully saturated rings. The molecule has 0 aliphatic rings. The summed E-state index contributed by atoms with van der Waals surface area (Å²) in [6.45, 7) is 0.214. The maximum absolute atomic E-state index is 12.3. The zero-order valence-electron chi connectivity index (χ0n) is 10.7. The molecule has 0 aromatic carbocycles. The third-order valence-electron chi connectivity index (χ3n) is 2.62. The summed E-state index contributed by atoms with van der Waals surface area (Å²) >= 11 is 0. The van der Waals surface area contributed by atoms with Crippen molar-refractivity contribution in [2.45, 2.75) is 11.6 Å². The minimum atomic E-state index is -3.70. The minimum absolute atomic E-state index is 0.124. The lowest BCUT2D eigenvalue weighted by Crippen LogP contribution is -2.27. The van der Waals surface area contributed by atoms with Crippen LogP contribution >= 0.6 is 0 Å². The Morgan fingerprint density at radius 3 is 2.79 bits per heavy atom. The molecule has 0 aliphatic carbocycles. The van der Waals surface area contributed by atoms with E-state index in [1.165, 1.54) is 23.6 Å². The average molecular weight is 281 g/mol. The molecule has 0 saturated heterocycles. The summed E-state index contributed by atoms with van der Waals surface area (Å²) in [5, 5.41) is 3.87. The van der Waals surface area contributed by atoms with E-state index in [1.54, 1.807) is 30.2 Å². The van der Waals surface area contributed by atoms with Gasteiger partial charge in [-0.1, -0.05) is 0 Å². The standard InChI is InChI=1S/C11H15N5O2S/c1-15-7-9(6-14-15)8-16(2)19(17,18)11-10(12)4-3-5-13-11/h3-7H,8,12H2,1-2H3. The Morgan fingerprint density at radius 1 is 1.47 bits per heavy atom. The fraction of sp³-hybridized carbons (Fsp3) is 0.273. The van der Waals surface area contributed by atoms with Gasteiger partial charge in [-0.2, -0.15) is 9.40 Å². The normalized spacial score (nSPS) is 11.9. The topological polar surface area (TPSA) is 94.1 Å². The lowest BCUT2D eigenvalue weighted by molar-refractivity contribution is 0.464. The summed E-state index contributed by atoms with van der Waals surface area (Å²) in [7, 11) is -0.443. The van der Waals surface area contributed by atoms with Crippen LogP contribution in [-0.4, -0.2) is 34.5 Å². The van der Waals surface area contributed by atoms with Crippen LogP contribution in [0.15, 0.2) is 35.7 Å². The van der Waals surface area contributed by atoms with E-state index >= 15 is 0 Å². The van der Waals surface area contributed by atoms with E-state index in [2.05, 4.69) is 10.1 Å². The lowest BCUT2D eigenvalue weighted by atomic mass is 10.4. The Bertz CT molecular complexity index is 680. The van der Waals surface area contributed by atoms with E-state index in [4.69, 9.17) is 5.73 Å².